The Balaban J connectivity index is 2.51. The molecule has 2 aromatic heterocycles. The molecule has 0 amide bonds. The molecular weight excluding hydrogens is 260 g/mol. The number of aromatic amines is 1. The Hall–Kier alpha value is -2.54. The lowest BCUT2D eigenvalue weighted by atomic mass is 10.1. The van der Waals surface area contributed by atoms with Crippen LogP contribution < -0.4 is 9.30 Å². The highest BCUT2D eigenvalue weighted by Crippen LogP contribution is 2.22. The minimum atomic E-state index is 0.710. The highest BCUT2D eigenvalue weighted by Gasteiger charge is 2.22. The molecule has 0 saturated carbocycles. The Labute approximate surface area is 124 Å². The summed E-state index contributed by atoms with van der Waals surface area (Å²) < 4.78 is 2.16. The van der Waals surface area contributed by atoms with Crippen LogP contribution in [0.1, 0.15) is 25.0 Å². The van der Waals surface area contributed by atoms with E-state index >= 15 is 0 Å². The summed E-state index contributed by atoms with van der Waals surface area (Å²) in [6.45, 7) is 8.17. The molecular formula is C17H19N4+. The summed E-state index contributed by atoms with van der Waals surface area (Å²) in [6.07, 6.45) is 0. The lowest BCUT2D eigenvalue weighted by Gasteiger charge is -2.17. The topological polar surface area (TPSA) is 46.9 Å². The van der Waals surface area contributed by atoms with Crippen molar-refractivity contribution in [3.05, 3.63) is 41.5 Å². The van der Waals surface area contributed by atoms with Crippen LogP contribution in [0, 0.1) is 18.3 Å². The van der Waals surface area contributed by atoms with Crippen molar-refractivity contribution in [3.63, 3.8) is 0 Å². The van der Waals surface area contributed by atoms with Crippen molar-refractivity contribution < 1.29 is 4.40 Å². The number of nitrogens with one attached hydrogen (secondary N) is 1. The zero-order valence-electron chi connectivity index (χ0n) is 12.6. The highest BCUT2D eigenvalue weighted by molar-refractivity contribution is 5.77. The van der Waals surface area contributed by atoms with Gasteiger partial charge in [0, 0.05) is 6.07 Å². The molecule has 2 heterocycles. The molecule has 1 N–H and O–H groups in total. The van der Waals surface area contributed by atoms with Crippen molar-refractivity contribution in [1.29, 1.82) is 5.26 Å². The van der Waals surface area contributed by atoms with Gasteiger partial charge in [-0.25, -0.2) is 0 Å². The maximum Gasteiger partial charge on any atom is 0.250 e. The van der Waals surface area contributed by atoms with Crippen LogP contribution in [0.25, 0.3) is 16.7 Å². The van der Waals surface area contributed by atoms with E-state index in [1.807, 2.05) is 25.1 Å². The summed E-state index contributed by atoms with van der Waals surface area (Å²) in [6, 6.07) is 12.6. The van der Waals surface area contributed by atoms with Gasteiger partial charge in [-0.2, -0.15) is 9.66 Å². The first-order valence-corrected chi connectivity index (χ1v) is 7.32. The predicted octanol–water partition coefficient (Wildman–Crippen LogP) is 2.93. The Morgan fingerprint density at radius 3 is 2.62 bits per heavy atom. The van der Waals surface area contributed by atoms with Gasteiger partial charge in [-0.05, 0) is 38.5 Å². The van der Waals surface area contributed by atoms with E-state index in [1.165, 1.54) is 0 Å². The van der Waals surface area contributed by atoms with Crippen LogP contribution >= 0.6 is 0 Å². The largest absolute Gasteiger partial charge is 0.293 e. The number of hydrogen-bond donors (Lipinski definition) is 1. The Morgan fingerprint density at radius 1 is 1.24 bits per heavy atom. The first kappa shape index (κ1) is 13.4. The van der Waals surface area contributed by atoms with Gasteiger partial charge >= 0.3 is 0 Å². The standard InChI is InChI=1S/C17H18N4/c1-4-20(5-2)16-10-12(3)13(11-18)17-19-14-8-6-7-9-15(14)21(16)17/h6-10H,4-5H2,1-3H3/p+1. The number of nitrogens with zero attached hydrogens (tertiary/aromatic N) is 3. The molecule has 106 valence electrons. The fourth-order valence-electron chi connectivity index (χ4n) is 2.93. The van der Waals surface area contributed by atoms with Crippen molar-refractivity contribution in [2.45, 2.75) is 20.8 Å². The minimum absolute atomic E-state index is 0.710. The van der Waals surface area contributed by atoms with Gasteiger partial charge < -0.3 is 0 Å². The average molecular weight is 279 g/mol. The Morgan fingerprint density at radius 2 is 1.95 bits per heavy atom. The maximum absolute atomic E-state index is 9.49. The van der Waals surface area contributed by atoms with Gasteiger partial charge in [0.25, 0.3) is 0 Å². The van der Waals surface area contributed by atoms with E-state index in [2.05, 4.69) is 46.3 Å². The third-order valence-corrected chi connectivity index (χ3v) is 4.03. The van der Waals surface area contributed by atoms with Crippen molar-refractivity contribution in [3.8, 4) is 6.07 Å². The van der Waals surface area contributed by atoms with Gasteiger partial charge in [0.1, 0.15) is 22.7 Å². The van der Waals surface area contributed by atoms with Crippen molar-refractivity contribution in [2.75, 3.05) is 18.0 Å². The summed E-state index contributed by atoms with van der Waals surface area (Å²) in [7, 11) is 0. The summed E-state index contributed by atoms with van der Waals surface area (Å²) in [4.78, 5) is 5.70. The van der Waals surface area contributed by atoms with E-state index in [9.17, 15) is 5.26 Å². The van der Waals surface area contributed by atoms with Gasteiger partial charge in [-0.15, -0.1) is 0 Å². The first-order chi connectivity index (χ1) is 10.2. The number of aryl methyl sites for hydroxylation is 1. The molecule has 0 aliphatic rings. The number of hydrogen-bond acceptors (Lipinski definition) is 2. The third-order valence-electron chi connectivity index (χ3n) is 4.03. The van der Waals surface area contributed by atoms with Crippen LogP contribution in [0.3, 0.4) is 0 Å². The molecule has 0 aliphatic heterocycles. The van der Waals surface area contributed by atoms with Crippen LogP contribution in [0.4, 0.5) is 5.82 Å². The van der Waals surface area contributed by atoms with E-state index in [0.29, 0.717) is 5.56 Å². The SMILES string of the molecule is CCN(CC)c1cc(C)c(C#N)c2[nH]c3ccccc3[n+]12. The molecule has 0 spiro atoms. The fourth-order valence-corrected chi connectivity index (χ4v) is 2.93. The van der Waals surface area contributed by atoms with Crippen LogP contribution in [0.2, 0.25) is 0 Å². The number of benzene rings is 1. The minimum Gasteiger partial charge on any atom is -0.293 e. The molecule has 0 fully saturated rings. The first-order valence-electron chi connectivity index (χ1n) is 7.32. The molecule has 21 heavy (non-hydrogen) atoms. The Bertz CT molecular complexity index is 850. The number of rotatable bonds is 3. The molecule has 4 nitrogen and oxygen atoms in total. The highest BCUT2D eigenvalue weighted by atomic mass is 15.2. The van der Waals surface area contributed by atoms with Gasteiger partial charge in [0.15, 0.2) is 0 Å². The zero-order chi connectivity index (χ0) is 15.0. The smallest absolute Gasteiger partial charge is 0.250 e. The van der Waals surface area contributed by atoms with Crippen LogP contribution in [-0.2, 0) is 0 Å². The molecule has 0 atom stereocenters. The molecule has 1 aromatic carbocycles. The predicted molar refractivity (Wildman–Crippen MR) is 84.5 cm³/mol. The second-order valence-electron chi connectivity index (χ2n) is 5.17. The van der Waals surface area contributed by atoms with Gasteiger partial charge in [-0.3, -0.25) is 9.88 Å². The van der Waals surface area contributed by atoms with Crippen molar-refractivity contribution in [1.82, 2.24) is 4.98 Å². The second kappa shape index (κ2) is 5.10. The molecule has 3 rings (SSSR count). The summed E-state index contributed by atoms with van der Waals surface area (Å²) >= 11 is 0. The summed E-state index contributed by atoms with van der Waals surface area (Å²) in [5, 5.41) is 9.49. The molecule has 0 unspecified atom stereocenters. The Kier molecular flexibility index (Phi) is 3.26. The number of aromatic nitrogens is 2. The zero-order valence-corrected chi connectivity index (χ0v) is 12.6. The normalized spacial score (nSPS) is 11.0. The maximum atomic E-state index is 9.49. The van der Waals surface area contributed by atoms with Gasteiger partial charge in [0.2, 0.25) is 11.5 Å². The number of anilines is 1. The molecule has 0 radical (unpaired) electrons. The van der Waals surface area contributed by atoms with Gasteiger partial charge in [0.05, 0.1) is 13.1 Å². The van der Waals surface area contributed by atoms with E-state index in [1.54, 1.807) is 0 Å². The van der Waals surface area contributed by atoms with Crippen LogP contribution in [0.5, 0.6) is 0 Å². The molecule has 4 heteroatoms. The fraction of sp³-hybridized carbons (Fsp3) is 0.294. The van der Waals surface area contributed by atoms with E-state index in [0.717, 1.165) is 41.2 Å². The molecule has 0 aliphatic carbocycles. The monoisotopic (exact) mass is 279 g/mol. The van der Waals surface area contributed by atoms with E-state index in [4.69, 9.17) is 0 Å². The molecule has 0 saturated heterocycles. The number of para-hydroxylation sites is 2. The number of imidazole rings is 1. The molecule has 0 bridgehead atoms. The van der Waals surface area contributed by atoms with Crippen molar-refractivity contribution in [2.24, 2.45) is 0 Å². The number of nitriles is 1. The quantitative estimate of drug-likeness (QED) is 0.749. The van der Waals surface area contributed by atoms with Crippen LogP contribution in [0.15, 0.2) is 30.3 Å². The van der Waals surface area contributed by atoms with E-state index < -0.39 is 0 Å². The summed E-state index contributed by atoms with van der Waals surface area (Å²) in [5.41, 5.74) is 4.74. The van der Waals surface area contributed by atoms with E-state index in [-0.39, 0.29) is 0 Å². The number of H-pyrrole nitrogens is 1. The number of pyridine rings is 1. The third kappa shape index (κ3) is 1.93. The van der Waals surface area contributed by atoms with Gasteiger partial charge in [-0.1, -0.05) is 12.1 Å². The summed E-state index contributed by atoms with van der Waals surface area (Å²) in [5.74, 6) is 1.13. The molecule has 3 aromatic rings. The lowest BCUT2D eigenvalue weighted by molar-refractivity contribution is -0.467. The number of fused-ring (bicyclic) bond motifs is 3. The lowest BCUT2D eigenvalue weighted by Crippen LogP contribution is -2.35. The second-order valence-corrected chi connectivity index (χ2v) is 5.17. The average Bonchev–Trinajstić information content (AvgIpc) is 2.87. The van der Waals surface area contributed by atoms with Crippen LogP contribution in [-0.4, -0.2) is 18.1 Å². The van der Waals surface area contributed by atoms with Crippen molar-refractivity contribution >= 4 is 22.5 Å².